The Morgan fingerprint density at radius 2 is 1.86 bits per heavy atom. The number of nitro benzene ring substituents is 1. The number of hydrogen-bond donors (Lipinski definition) is 1. The van der Waals surface area contributed by atoms with Gasteiger partial charge >= 0.3 is 5.69 Å². The van der Waals surface area contributed by atoms with Gasteiger partial charge in [0.25, 0.3) is 10.0 Å². The number of hydrogen-bond acceptors (Lipinski definition) is 4. The molecule has 0 fully saturated rings. The molecule has 0 aliphatic rings. The summed E-state index contributed by atoms with van der Waals surface area (Å²) in [6, 6.07) is 9.08. The molecule has 0 radical (unpaired) electrons. The van der Waals surface area contributed by atoms with E-state index in [0.717, 1.165) is 12.1 Å². The second kappa shape index (κ2) is 5.93. The first-order valence-electron chi connectivity index (χ1n) is 5.52. The maximum atomic E-state index is 13.5. The molecule has 2 aromatic carbocycles. The number of sulfonamides is 1. The molecule has 1 N–H and O–H groups in total. The number of nitro groups is 1. The molecule has 0 spiro atoms. The van der Waals surface area contributed by atoms with Crippen LogP contribution in [-0.2, 0) is 10.0 Å². The number of anilines is 1. The van der Waals surface area contributed by atoms with E-state index >= 15 is 0 Å². The Morgan fingerprint density at radius 1 is 1.19 bits per heavy atom. The molecule has 0 aliphatic heterocycles. The number of para-hydroxylation sites is 1. The van der Waals surface area contributed by atoms with Crippen molar-refractivity contribution in [1.29, 1.82) is 0 Å². The van der Waals surface area contributed by atoms with E-state index in [0.29, 0.717) is 15.3 Å². The van der Waals surface area contributed by atoms with Crippen molar-refractivity contribution in [2.24, 2.45) is 0 Å². The SMILES string of the molecule is O=[N+]([O-])c1ccc(S(=O)(=O)Nc2ccccc2I)cc1F. The minimum atomic E-state index is -4.02. The van der Waals surface area contributed by atoms with Crippen LogP contribution >= 0.6 is 22.6 Å². The maximum Gasteiger partial charge on any atom is 0.304 e. The summed E-state index contributed by atoms with van der Waals surface area (Å²) in [6.45, 7) is 0. The third-order valence-corrected chi connectivity index (χ3v) is 4.85. The minimum absolute atomic E-state index is 0.344. The third-order valence-electron chi connectivity index (χ3n) is 2.54. The Morgan fingerprint density at radius 3 is 2.43 bits per heavy atom. The zero-order chi connectivity index (χ0) is 15.6. The van der Waals surface area contributed by atoms with Crippen LogP contribution in [0.5, 0.6) is 0 Å². The predicted octanol–water partition coefficient (Wildman–Crippen LogP) is 3.14. The first kappa shape index (κ1) is 15.6. The lowest BCUT2D eigenvalue weighted by atomic mass is 10.3. The van der Waals surface area contributed by atoms with E-state index in [4.69, 9.17) is 0 Å². The van der Waals surface area contributed by atoms with E-state index in [9.17, 15) is 22.9 Å². The molecule has 0 atom stereocenters. The van der Waals surface area contributed by atoms with Crippen molar-refractivity contribution >= 4 is 44.0 Å². The molecule has 0 aliphatic carbocycles. The second-order valence-electron chi connectivity index (χ2n) is 3.96. The predicted molar refractivity (Wildman–Crippen MR) is 83.0 cm³/mol. The Balaban J connectivity index is 2.39. The molecule has 0 aromatic heterocycles. The third kappa shape index (κ3) is 3.47. The second-order valence-corrected chi connectivity index (χ2v) is 6.80. The van der Waals surface area contributed by atoms with Gasteiger partial charge in [-0.05, 0) is 40.8 Å². The van der Waals surface area contributed by atoms with Gasteiger partial charge in [-0.15, -0.1) is 0 Å². The summed E-state index contributed by atoms with van der Waals surface area (Å²) in [4.78, 5) is 9.22. The van der Waals surface area contributed by atoms with E-state index in [-0.39, 0.29) is 4.90 Å². The summed E-state index contributed by atoms with van der Waals surface area (Å²) < 4.78 is 40.8. The van der Waals surface area contributed by atoms with E-state index in [1.54, 1.807) is 24.3 Å². The van der Waals surface area contributed by atoms with Gasteiger partial charge in [0.15, 0.2) is 0 Å². The molecular weight excluding hydrogens is 414 g/mol. The van der Waals surface area contributed by atoms with Gasteiger partial charge in [-0.3, -0.25) is 14.8 Å². The lowest BCUT2D eigenvalue weighted by Gasteiger charge is -2.09. The molecule has 2 rings (SSSR count). The van der Waals surface area contributed by atoms with Crippen LogP contribution in [0.1, 0.15) is 0 Å². The summed E-state index contributed by atoms with van der Waals surface area (Å²) in [5.41, 5.74) is -0.430. The molecule has 9 heteroatoms. The lowest BCUT2D eigenvalue weighted by molar-refractivity contribution is -0.387. The number of halogens is 2. The van der Waals surface area contributed by atoms with Crippen molar-refractivity contribution in [1.82, 2.24) is 0 Å². The van der Waals surface area contributed by atoms with Crippen molar-refractivity contribution < 1.29 is 17.7 Å². The summed E-state index contributed by atoms with van der Waals surface area (Å²) in [7, 11) is -4.02. The van der Waals surface area contributed by atoms with Crippen LogP contribution in [0, 0.1) is 19.5 Å². The standard InChI is InChI=1S/C12H8FIN2O4S/c13-9-7-8(5-6-12(9)16(17)18)21(19,20)15-11-4-2-1-3-10(11)14/h1-7,15H. The smallest absolute Gasteiger partial charge is 0.279 e. The number of rotatable bonds is 4. The Hall–Kier alpha value is -1.75. The van der Waals surface area contributed by atoms with Gasteiger partial charge in [-0.1, -0.05) is 12.1 Å². The Labute approximate surface area is 133 Å². The van der Waals surface area contributed by atoms with E-state index in [1.165, 1.54) is 0 Å². The number of benzene rings is 2. The van der Waals surface area contributed by atoms with Gasteiger partial charge in [-0.25, -0.2) is 8.42 Å². The first-order valence-corrected chi connectivity index (χ1v) is 8.09. The average molecular weight is 422 g/mol. The number of nitrogens with zero attached hydrogens (tertiary/aromatic N) is 1. The van der Waals surface area contributed by atoms with Gasteiger partial charge in [0.05, 0.1) is 15.5 Å². The summed E-state index contributed by atoms with van der Waals surface area (Å²) >= 11 is 1.95. The zero-order valence-electron chi connectivity index (χ0n) is 10.3. The van der Waals surface area contributed by atoms with E-state index in [1.807, 2.05) is 22.6 Å². The molecule has 0 saturated carbocycles. The quantitative estimate of drug-likeness (QED) is 0.466. The highest BCUT2D eigenvalue weighted by Crippen LogP contribution is 2.24. The van der Waals surface area contributed by atoms with Crippen LogP contribution in [-0.4, -0.2) is 13.3 Å². The van der Waals surface area contributed by atoms with Crippen LogP contribution in [0.15, 0.2) is 47.4 Å². The summed E-state index contributed by atoms with van der Waals surface area (Å²) in [5.74, 6) is -1.20. The van der Waals surface area contributed by atoms with Crippen molar-refractivity contribution in [2.45, 2.75) is 4.90 Å². The largest absolute Gasteiger partial charge is 0.304 e. The number of nitrogens with one attached hydrogen (secondary N) is 1. The van der Waals surface area contributed by atoms with Crippen molar-refractivity contribution in [3.8, 4) is 0 Å². The molecule has 21 heavy (non-hydrogen) atoms. The molecule has 0 saturated heterocycles. The maximum absolute atomic E-state index is 13.5. The van der Waals surface area contributed by atoms with Gasteiger partial charge in [-0.2, -0.15) is 4.39 Å². The zero-order valence-corrected chi connectivity index (χ0v) is 13.3. The van der Waals surface area contributed by atoms with Crippen LogP contribution in [0.2, 0.25) is 0 Å². The fourth-order valence-corrected chi connectivity index (χ4v) is 3.35. The molecule has 6 nitrogen and oxygen atoms in total. The molecule has 0 unspecified atom stereocenters. The minimum Gasteiger partial charge on any atom is -0.279 e. The summed E-state index contributed by atoms with van der Waals surface area (Å²) in [5, 5.41) is 10.5. The molecule has 0 heterocycles. The lowest BCUT2D eigenvalue weighted by Crippen LogP contribution is -2.14. The van der Waals surface area contributed by atoms with Crippen LogP contribution in [0.25, 0.3) is 0 Å². The molecule has 0 bridgehead atoms. The molecule has 2 aromatic rings. The Bertz CT molecular complexity index is 811. The molecular formula is C12H8FIN2O4S. The van der Waals surface area contributed by atoms with Gasteiger partial charge in [0.1, 0.15) is 0 Å². The fourth-order valence-electron chi connectivity index (χ4n) is 1.55. The van der Waals surface area contributed by atoms with Crippen molar-refractivity contribution in [2.75, 3.05) is 4.72 Å². The highest BCUT2D eigenvalue weighted by Gasteiger charge is 2.21. The first-order chi connectivity index (χ1) is 9.81. The van der Waals surface area contributed by atoms with Crippen LogP contribution in [0.3, 0.4) is 0 Å². The van der Waals surface area contributed by atoms with Crippen molar-refractivity contribution in [3.05, 3.63) is 62.0 Å². The van der Waals surface area contributed by atoms with E-state index in [2.05, 4.69) is 4.72 Å². The van der Waals surface area contributed by atoms with E-state index < -0.39 is 26.5 Å². The monoisotopic (exact) mass is 422 g/mol. The highest BCUT2D eigenvalue weighted by molar-refractivity contribution is 14.1. The average Bonchev–Trinajstić information content (AvgIpc) is 2.40. The van der Waals surface area contributed by atoms with Crippen LogP contribution < -0.4 is 4.72 Å². The van der Waals surface area contributed by atoms with Gasteiger partial charge < -0.3 is 0 Å². The molecule has 110 valence electrons. The van der Waals surface area contributed by atoms with Crippen molar-refractivity contribution in [3.63, 3.8) is 0 Å². The Kier molecular flexibility index (Phi) is 4.42. The van der Waals surface area contributed by atoms with Crippen LogP contribution in [0.4, 0.5) is 15.8 Å². The fraction of sp³-hybridized carbons (Fsp3) is 0. The highest BCUT2D eigenvalue weighted by atomic mass is 127. The topological polar surface area (TPSA) is 89.3 Å². The molecule has 0 amide bonds. The summed E-state index contributed by atoms with van der Waals surface area (Å²) in [6.07, 6.45) is 0. The normalized spacial score (nSPS) is 11.1. The van der Waals surface area contributed by atoms with Gasteiger partial charge in [0.2, 0.25) is 5.82 Å². The van der Waals surface area contributed by atoms with Gasteiger partial charge in [0, 0.05) is 15.7 Å².